The Hall–Kier alpha value is -0.570. The van der Waals surface area contributed by atoms with Gasteiger partial charge in [0, 0.05) is 19.0 Å². The summed E-state index contributed by atoms with van der Waals surface area (Å²) in [5.74, 6) is 0.903. The molecule has 0 aromatic carbocycles. The molecular weight excluding hydrogens is 226 g/mol. The minimum absolute atomic E-state index is 0.312. The summed E-state index contributed by atoms with van der Waals surface area (Å²) >= 11 is 0. The van der Waals surface area contributed by atoms with E-state index in [1.54, 1.807) is 0 Å². The minimum Gasteiger partial charge on any atom is -0.376 e. The van der Waals surface area contributed by atoms with Gasteiger partial charge in [-0.3, -0.25) is 4.79 Å². The molecule has 2 atom stereocenters. The van der Waals surface area contributed by atoms with Crippen LogP contribution in [0.4, 0.5) is 0 Å². The first-order valence-electron chi connectivity index (χ1n) is 7.55. The molecule has 3 nitrogen and oxygen atoms in total. The predicted octanol–water partition coefficient (Wildman–Crippen LogP) is 2.98. The van der Waals surface area contributed by atoms with Crippen LogP contribution in [0.3, 0.4) is 0 Å². The summed E-state index contributed by atoms with van der Waals surface area (Å²) in [5.41, 5.74) is 0. The molecule has 0 aromatic heterocycles. The summed E-state index contributed by atoms with van der Waals surface area (Å²) in [5, 5.41) is 0. The molecule has 0 bridgehead atoms. The van der Waals surface area contributed by atoms with E-state index < -0.39 is 0 Å². The molecule has 3 heteroatoms. The van der Waals surface area contributed by atoms with Crippen LogP contribution >= 0.6 is 0 Å². The lowest BCUT2D eigenvalue weighted by atomic mass is 9.89. The fourth-order valence-electron chi connectivity index (χ4n) is 3.21. The number of nitrogens with zero attached hydrogens (tertiary/aromatic N) is 1. The van der Waals surface area contributed by atoms with Gasteiger partial charge in [-0.2, -0.15) is 0 Å². The second kappa shape index (κ2) is 6.05. The highest BCUT2D eigenvalue weighted by molar-refractivity contribution is 5.77. The van der Waals surface area contributed by atoms with Gasteiger partial charge in [-0.1, -0.05) is 6.92 Å². The van der Waals surface area contributed by atoms with E-state index in [0.717, 1.165) is 32.2 Å². The lowest BCUT2D eigenvalue weighted by Crippen LogP contribution is -2.37. The number of hydrogen-bond donors (Lipinski definition) is 0. The topological polar surface area (TPSA) is 29.5 Å². The standard InChI is InChI=1S/C15H27NO2/c1-4-7-16(14-5-6-14)15(17)10-13-8-11(2)18-12(3)9-13/h11-14H,4-10H2,1-3H3. The molecule has 2 rings (SSSR count). The largest absolute Gasteiger partial charge is 0.376 e. The maximum absolute atomic E-state index is 12.4. The Morgan fingerprint density at radius 3 is 2.33 bits per heavy atom. The summed E-state index contributed by atoms with van der Waals surface area (Å²) in [6.45, 7) is 7.34. The van der Waals surface area contributed by atoms with Gasteiger partial charge in [0.2, 0.25) is 5.91 Å². The quantitative estimate of drug-likeness (QED) is 0.754. The SMILES string of the molecule is CCCN(C(=O)CC1CC(C)OC(C)C1)C1CC1. The van der Waals surface area contributed by atoms with Crippen molar-refractivity contribution in [3.63, 3.8) is 0 Å². The lowest BCUT2D eigenvalue weighted by molar-refractivity contribution is -0.134. The van der Waals surface area contributed by atoms with Crippen LogP contribution in [-0.2, 0) is 9.53 Å². The van der Waals surface area contributed by atoms with E-state index in [0.29, 0.717) is 30.1 Å². The average molecular weight is 253 g/mol. The smallest absolute Gasteiger partial charge is 0.223 e. The van der Waals surface area contributed by atoms with E-state index in [1.807, 2.05) is 0 Å². The Morgan fingerprint density at radius 1 is 1.22 bits per heavy atom. The second-order valence-corrected chi connectivity index (χ2v) is 6.12. The zero-order valence-electron chi connectivity index (χ0n) is 12.0. The lowest BCUT2D eigenvalue weighted by Gasteiger charge is -2.33. The van der Waals surface area contributed by atoms with Gasteiger partial charge >= 0.3 is 0 Å². The number of amides is 1. The Bertz CT molecular complexity index is 278. The fourth-order valence-corrected chi connectivity index (χ4v) is 3.21. The van der Waals surface area contributed by atoms with Crippen LogP contribution in [0.2, 0.25) is 0 Å². The summed E-state index contributed by atoms with van der Waals surface area (Å²) in [4.78, 5) is 14.5. The summed E-state index contributed by atoms with van der Waals surface area (Å²) < 4.78 is 5.74. The van der Waals surface area contributed by atoms with Gasteiger partial charge in [0.05, 0.1) is 12.2 Å². The summed E-state index contributed by atoms with van der Waals surface area (Å²) in [6.07, 6.45) is 6.94. The molecule has 1 heterocycles. The first-order chi connectivity index (χ1) is 8.60. The van der Waals surface area contributed by atoms with Gasteiger partial charge in [0.1, 0.15) is 0 Å². The molecule has 0 spiro atoms. The van der Waals surface area contributed by atoms with Crippen LogP contribution < -0.4 is 0 Å². The molecule has 2 fully saturated rings. The molecule has 1 amide bonds. The van der Waals surface area contributed by atoms with Crippen molar-refractivity contribution in [3.05, 3.63) is 0 Å². The number of ether oxygens (including phenoxy) is 1. The normalized spacial score (nSPS) is 32.3. The monoisotopic (exact) mass is 253 g/mol. The Labute approximate surface area is 111 Å². The van der Waals surface area contributed by atoms with Crippen molar-refractivity contribution >= 4 is 5.91 Å². The Morgan fingerprint density at radius 2 is 1.83 bits per heavy atom. The third-order valence-corrected chi connectivity index (χ3v) is 4.03. The van der Waals surface area contributed by atoms with Gasteiger partial charge in [-0.05, 0) is 51.9 Å². The molecule has 1 aliphatic heterocycles. The maximum atomic E-state index is 12.4. The first kappa shape index (κ1) is 13.9. The van der Waals surface area contributed by atoms with Gasteiger partial charge < -0.3 is 9.64 Å². The molecule has 2 aliphatic rings. The third kappa shape index (κ3) is 3.71. The molecule has 1 saturated heterocycles. The van der Waals surface area contributed by atoms with Crippen molar-refractivity contribution in [1.29, 1.82) is 0 Å². The Balaban J connectivity index is 1.85. The van der Waals surface area contributed by atoms with Gasteiger partial charge in [-0.15, -0.1) is 0 Å². The highest BCUT2D eigenvalue weighted by Crippen LogP contribution is 2.31. The van der Waals surface area contributed by atoms with E-state index in [2.05, 4.69) is 25.7 Å². The van der Waals surface area contributed by atoms with Crippen LogP contribution in [0, 0.1) is 5.92 Å². The van der Waals surface area contributed by atoms with Crippen molar-refractivity contribution in [2.75, 3.05) is 6.54 Å². The zero-order chi connectivity index (χ0) is 13.1. The molecule has 104 valence electrons. The van der Waals surface area contributed by atoms with Crippen LogP contribution in [0.1, 0.15) is 59.3 Å². The van der Waals surface area contributed by atoms with Crippen LogP contribution in [0.25, 0.3) is 0 Å². The van der Waals surface area contributed by atoms with Crippen LogP contribution in [0.15, 0.2) is 0 Å². The zero-order valence-corrected chi connectivity index (χ0v) is 12.0. The van der Waals surface area contributed by atoms with Crippen molar-refractivity contribution in [2.45, 2.75) is 77.5 Å². The van der Waals surface area contributed by atoms with Gasteiger partial charge in [-0.25, -0.2) is 0 Å². The number of carbonyl (C=O) groups is 1. The van der Waals surface area contributed by atoms with Crippen molar-refractivity contribution in [1.82, 2.24) is 4.90 Å². The van der Waals surface area contributed by atoms with Crippen molar-refractivity contribution < 1.29 is 9.53 Å². The minimum atomic E-state index is 0.312. The number of rotatable bonds is 5. The summed E-state index contributed by atoms with van der Waals surface area (Å²) in [6, 6.07) is 0.562. The average Bonchev–Trinajstić information content (AvgIpc) is 3.07. The highest BCUT2D eigenvalue weighted by Gasteiger charge is 2.34. The van der Waals surface area contributed by atoms with E-state index in [1.165, 1.54) is 12.8 Å². The van der Waals surface area contributed by atoms with Gasteiger partial charge in [0.15, 0.2) is 0 Å². The van der Waals surface area contributed by atoms with Gasteiger partial charge in [0.25, 0.3) is 0 Å². The Kier molecular flexibility index (Phi) is 4.66. The first-order valence-corrected chi connectivity index (χ1v) is 7.55. The molecule has 0 aromatic rings. The molecule has 2 unspecified atom stereocenters. The molecule has 1 aliphatic carbocycles. The highest BCUT2D eigenvalue weighted by atomic mass is 16.5. The maximum Gasteiger partial charge on any atom is 0.223 e. The van der Waals surface area contributed by atoms with Crippen molar-refractivity contribution in [3.8, 4) is 0 Å². The molecule has 1 saturated carbocycles. The fraction of sp³-hybridized carbons (Fsp3) is 0.933. The summed E-state index contributed by atoms with van der Waals surface area (Å²) in [7, 11) is 0. The molecular formula is C15H27NO2. The van der Waals surface area contributed by atoms with E-state index in [9.17, 15) is 4.79 Å². The van der Waals surface area contributed by atoms with Crippen molar-refractivity contribution in [2.24, 2.45) is 5.92 Å². The van der Waals surface area contributed by atoms with Crippen LogP contribution in [0.5, 0.6) is 0 Å². The van der Waals surface area contributed by atoms with Crippen LogP contribution in [-0.4, -0.2) is 35.6 Å². The molecule has 0 radical (unpaired) electrons. The molecule has 18 heavy (non-hydrogen) atoms. The number of hydrogen-bond acceptors (Lipinski definition) is 2. The second-order valence-electron chi connectivity index (χ2n) is 6.12. The third-order valence-electron chi connectivity index (χ3n) is 4.03. The predicted molar refractivity (Wildman–Crippen MR) is 72.4 cm³/mol. The van der Waals surface area contributed by atoms with E-state index in [-0.39, 0.29) is 0 Å². The van der Waals surface area contributed by atoms with E-state index in [4.69, 9.17) is 4.74 Å². The van der Waals surface area contributed by atoms with E-state index >= 15 is 0 Å². The number of carbonyl (C=O) groups excluding carboxylic acids is 1. The molecule has 0 N–H and O–H groups in total.